The molecule has 0 amide bonds. The molecule has 6 heteroatoms. The number of fused-ring (bicyclic) bond motifs is 1. The first-order valence-electron chi connectivity index (χ1n) is 7.49. The standard InChI is InChI=1S/C18H16ClNO4/c1-11-6-7-13(10-12(11)2)23-9-8-20-16-14(4-3-5-15(16)19)17(21)24-18(20)22/h3-7,10H,8-9H2,1-2H3. The first kappa shape index (κ1) is 16.3. The Hall–Kier alpha value is -2.53. The molecule has 0 radical (unpaired) electrons. The first-order valence-corrected chi connectivity index (χ1v) is 7.87. The quantitative estimate of drug-likeness (QED) is 0.728. The minimum absolute atomic E-state index is 0.218. The van der Waals surface area contributed by atoms with Crippen molar-refractivity contribution >= 4 is 22.5 Å². The fraction of sp³-hybridized carbons (Fsp3) is 0.222. The van der Waals surface area contributed by atoms with E-state index in [9.17, 15) is 9.59 Å². The van der Waals surface area contributed by atoms with E-state index in [-0.39, 0.29) is 18.5 Å². The van der Waals surface area contributed by atoms with E-state index in [4.69, 9.17) is 20.8 Å². The first-order chi connectivity index (χ1) is 11.5. The molecule has 0 saturated heterocycles. The number of halogens is 1. The second kappa shape index (κ2) is 6.53. The van der Waals surface area contributed by atoms with Gasteiger partial charge >= 0.3 is 11.4 Å². The number of rotatable bonds is 4. The molecule has 0 aliphatic heterocycles. The third kappa shape index (κ3) is 3.08. The minimum atomic E-state index is -0.746. The van der Waals surface area contributed by atoms with Crippen molar-refractivity contribution < 1.29 is 9.15 Å². The zero-order chi connectivity index (χ0) is 17.3. The van der Waals surface area contributed by atoms with Crippen LogP contribution in [0.15, 0.2) is 50.4 Å². The molecule has 124 valence electrons. The Balaban J connectivity index is 1.89. The maximum absolute atomic E-state index is 12.0. The number of aromatic nitrogens is 1. The highest BCUT2D eigenvalue weighted by Gasteiger charge is 2.12. The molecule has 0 aliphatic rings. The predicted octanol–water partition coefficient (Wildman–Crippen LogP) is 3.30. The summed E-state index contributed by atoms with van der Waals surface area (Å²) in [5.41, 5.74) is 1.98. The van der Waals surface area contributed by atoms with Crippen molar-refractivity contribution in [3.8, 4) is 5.75 Å². The number of ether oxygens (including phenoxy) is 1. The molecule has 0 fully saturated rings. The van der Waals surface area contributed by atoms with E-state index in [0.717, 1.165) is 11.3 Å². The molecule has 0 aliphatic carbocycles. The van der Waals surface area contributed by atoms with Crippen LogP contribution in [-0.4, -0.2) is 11.2 Å². The summed E-state index contributed by atoms with van der Waals surface area (Å²) < 4.78 is 11.8. The maximum Gasteiger partial charge on any atom is 0.422 e. The average molecular weight is 346 g/mol. The van der Waals surface area contributed by atoms with Crippen LogP contribution in [0.3, 0.4) is 0 Å². The summed E-state index contributed by atoms with van der Waals surface area (Å²) in [5, 5.41) is 0.594. The van der Waals surface area contributed by atoms with E-state index < -0.39 is 11.4 Å². The number of hydrogen-bond donors (Lipinski definition) is 0. The number of nitrogens with zero attached hydrogens (tertiary/aromatic N) is 1. The summed E-state index contributed by atoms with van der Waals surface area (Å²) in [7, 11) is 0. The Morgan fingerprint density at radius 2 is 1.92 bits per heavy atom. The molecular weight excluding hydrogens is 330 g/mol. The maximum atomic E-state index is 12.0. The van der Waals surface area contributed by atoms with Gasteiger partial charge in [-0.1, -0.05) is 23.7 Å². The molecule has 3 rings (SSSR count). The van der Waals surface area contributed by atoms with Gasteiger partial charge in [-0.05, 0) is 49.2 Å². The summed E-state index contributed by atoms with van der Waals surface area (Å²) in [6.07, 6.45) is 0. The lowest BCUT2D eigenvalue weighted by Gasteiger charge is -2.11. The zero-order valence-electron chi connectivity index (χ0n) is 13.3. The van der Waals surface area contributed by atoms with Crippen LogP contribution < -0.4 is 16.1 Å². The Morgan fingerprint density at radius 1 is 1.12 bits per heavy atom. The van der Waals surface area contributed by atoms with E-state index in [1.165, 1.54) is 10.1 Å². The molecule has 5 nitrogen and oxygen atoms in total. The van der Waals surface area contributed by atoms with Gasteiger partial charge in [0.15, 0.2) is 0 Å². The monoisotopic (exact) mass is 345 g/mol. The van der Waals surface area contributed by atoms with Gasteiger partial charge in [0.1, 0.15) is 12.4 Å². The van der Waals surface area contributed by atoms with Crippen molar-refractivity contribution in [1.82, 2.24) is 4.57 Å². The van der Waals surface area contributed by atoms with Crippen LogP contribution in [-0.2, 0) is 6.54 Å². The molecule has 2 aromatic carbocycles. The Bertz CT molecular complexity index is 1020. The smallest absolute Gasteiger partial charge is 0.422 e. The van der Waals surface area contributed by atoms with Crippen molar-refractivity contribution in [1.29, 1.82) is 0 Å². The highest BCUT2D eigenvalue weighted by molar-refractivity contribution is 6.35. The van der Waals surface area contributed by atoms with Crippen molar-refractivity contribution in [2.24, 2.45) is 0 Å². The van der Waals surface area contributed by atoms with Crippen LogP contribution in [0, 0.1) is 13.8 Å². The van der Waals surface area contributed by atoms with Crippen molar-refractivity contribution in [2.45, 2.75) is 20.4 Å². The normalized spacial score (nSPS) is 11.0. The number of aryl methyl sites for hydroxylation is 2. The van der Waals surface area contributed by atoms with E-state index in [1.54, 1.807) is 18.2 Å². The van der Waals surface area contributed by atoms with Gasteiger partial charge in [0.05, 0.1) is 22.5 Å². The fourth-order valence-electron chi connectivity index (χ4n) is 2.50. The van der Waals surface area contributed by atoms with Crippen molar-refractivity contribution in [2.75, 3.05) is 6.61 Å². The Morgan fingerprint density at radius 3 is 2.67 bits per heavy atom. The fourth-order valence-corrected chi connectivity index (χ4v) is 2.77. The van der Waals surface area contributed by atoms with E-state index >= 15 is 0 Å². The van der Waals surface area contributed by atoms with Crippen LogP contribution in [0.4, 0.5) is 0 Å². The van der Waals surface area contributed by atoms with Gasteiger partial charge in [-0.2, -0.15) is 0 Å². The number of para-hydroxylation sites is 1. The third-order valence-corrected chi connectivity index (χ3v) is 4.24. The molecule has 1 aromatic heterocycles. The van der Waals surface area contributed by atoms with Crippen molar-refractivity contribution in [3.05, 3.63) is 73.5 Å². The molecule has 3 aromatic rings. The van der Waals surface area contributed by atoms with Crippen LogP contribution >= 0.6 is 11.6 Å². The van der Waals surface area contributed by atoms with Gasteiger partial charge in [0.25, 0.3) is 0 Å². The SMILES string of the molecule is Cc1ccc(OCCn2c(=O)oc(=O)c3cccc(Cl)c32)cc1C. The minimum Gasteiger partial charge on any atom is -0.492 e. The molecule has 0 spiro atoms. The molecule has 0 N–H and O–H groups in total. The van der Waals surface area contributed by atoms with Gasteiger partial charge in [-0.3, -0.25) is 4.57 Å². The second-order valence-electron chi connectivity index (χ2n) is 5.54. The largest absolute Gasteiger partial charge is 0.492 e. The molecule has 24 heavy (non-hydrogen) atoms. The number of hydrogen-bond acceptors (Lipinski definition) is 4. The molecule has 0 bridgehead atoms. The lowest BCUT2D eigenvalue weighted by atomic mass is 10.1. The highest BCUT2D eigenvalue weighted by Crippen LogP contribution is 2.20. The summed E-state index contributed by atoms with van der Waals surface area (Å²) in [5.74, 6) is -0.0248. The number of benzene rings is 2. The lowest BCUT2D eigenvalue weighted by Crippen LogP contribution is -2.27. The molecule has 0 unspecified atom stereocenters. The molecule has 0 saturated carbocycles. The highest BCUT2D eigenvalue weighted by atomic mass is 35.5. The van der Waals surface area contributed by atoms with Gasteiger partial charge < -0.3 is 9.15 Å². The van der Waals surface area contributed by atoms with Crippen LogP contribution in [0.5, 0.6) is 5.75 Å². The lowest BCUT2D eigenvalue weighted by molar-refractivity contribution is 0.287. The van der Waals surface area contributed by atoms with Gasteiger partial charge in [-0.25, -0.2) is 9.59 Å². The predicted molar refractivity (Wildman–Crippen MR) is 93.2 cm³/mol. The van der Waals surface area contributed by atoms with Crippen LogP contribution in [0.1, 0.15) is 11.1 Å². The Kier molecular flexibility index (Phi) is 4.44. The zero-order valence-corrected chi connectivity index (χ0v) is 14.1. The van der Waals surface area contributed by atoms with Gasteiger partial charge in [0.2, 0.25) is 0 Å². The second-order valence-corrected chi connectivity index (χ2v) is 5.94. The summed E-state index contributed by atoms with van der Waals surface area (Å²) in [4.78, 5) is 23.8. The van der Waals surface area contributed by atoms with Crippen LogP contribution in [0.25, 0.3) is 10.9 Å². The Labute approximate surface area is 143 Å². The summed E-state index contributed by atoms with van der Waals surface area (Å²) in [6, 6.07) is 10.6. The third-order valence-electron chi connectivity index (χ3n) is 3.94. The van der Waals surface area contributed by atoms with E-state index in [0.29, 0.717) is 10.5 Å². The molecule has 0 atom stereocenters. The van der Waals surface area contributed by atoms with Crippen LogP contribution in [0.2, 0.25) is 5.02 Å². The van der Waals surface area contributed by atoms with Crippen molar-refractivity contribution in [3.63, 3.8) is 0 Å². The molecule has 1 heterocycles. The van der Waals surface area contributed by atoms with Gasteiger partial charge in [0, 0.05) is 0 Å². The topological polar surface area (TPSA) is 61.4 Å². The van der Waals surface area contributed by atoms with E-state index in [1.807, 2.05) is 32.0 Å². The van der Waals surface area contributed by atoms with Gasteiger partial charge in [-0.15, -0.1) is 0 Å². The summed E-state index contributed by atoms with van der Waals surface area (Å²) >= 11 is 6.16. The molecular formula is C18H16ClNO4. The summed E-state index contributed by atoms with van der Waals surface area (Å²) in [6.45, 7) is 4.50. The average Bonchev–Trinajstić information content (AvgIpc) is 2.54. The van der Waals surface area contributed by atoms with E-state index in [2.05, 4.69) is 0 Å².